The molecule has 7 heteroatoms. The summed E-state index contributed by atoms with van der Waals surface area (Å²) in [7, 11) is 0. The lowest BCUT2D eigenvalue weighted by Gasteiger charge is -2.15. The molecule has 0 N–H and O–H groups in total. The summed E-state index contributed by atoms with van der Waals surface area (Å²) >= 11 is 20.7. The third-order valence-corrected chi connectivity index (χ3v) is 4.83. The summed E-state index contributed by atoms with van der Waals surface area (Å²) in [6, 6.07) is 5.35. The van der Waals surface area contributed by atoms with Gasteiger partial charge in [0, 0.05) is 9.64 Å². The normalized spacial score (nSPS) is 11.0. The first-order valence-corrected chi connectivity index (χ1v) is 9.03. The molecule has 0 amide bonds. The lowest BCUT2D eigenvalue weighted by Crippen LogP contribution is -2.01. The van der Waals surface area contributed by atoms with Gasteiger partial charge >= 0.3 is 0 Å². The number of hydrogen-bond donors (Lipinski definition) is 0. The van der Waals surface area contributed by atoms with Crippen molar-refractivity contribution in [1.29, 1.82) is 0 Å². The first-order chi connectivity index (χ1) is 10.5. The SMILES string of the molecule is CCC(CC)c1cc(Oc2c(Cl)cc(I)cc2Cl)nnc1Cl. The number of halogens is 4. The van der Waals surface area contributed by atoms with Gasteiger partial charge in [-0.2, -0.15) is 0 Å². The minimum atomic E-state index is 0.313. The van der Waals surface area contributed by atoms with Gasteiger partial charge in [-0.1, -0.05) is 48.7 Å². The van der Waals surface area contributed by atoms with Gasteiger partial charge in [-0.3, -0.25) is 0 Å². The van der Waals surface area contributed by atoms with Gasteiger partial charge in [-0.05, 0) is 59.0 Å². The van der Waals surface area contributed by atoms with Gasteiger partial charge < -0.3 is 4.74 Å². The van der Waals surface area contributed by atoms with E-state index >= 15 is 0 Å². The van der Waals surface area contributed by atoms with Gasteiger partial charge in [0.1, 0.15) is 0 Å². The zero-order valence-corrected chi connectivity index (χ0v) is 16.5. The number of ether oxygens (including phenoxy) is 1. The Kier molecular flexibility index (Phi) is 6.56. The van der Waals surface area contributed by atoms with E-state index < -0.39 is 0 Å². The third kappa shape index (κ3) is 4.16. The summed E-state index contributed by atoms with van der Waals surface area (Å²) in [4.78, 5) is 0. The van der Waals surface area contributed by atoms with E-state index in [2.05, 4.69) is 46.6 Å². The molecule has 2 rings (SSSR count). The van der Waals surface area contributed by atoms with Crippen molar-refractivity contribution in [3.63, 3.8) is 0 Å². The number of hydrogen-bond acceptors (Lipinski definition) is 3. The molecule has 0 aliphatic heterocycles. The van der Waals surface area contributed by atoms with Crippen LogP contribution in [0.15, 0.2) is 18.2 Å². The Morgan fingerprint density at radius 1 is 1.05 bits per heavy atom. The third-order valence-electron chi connectivity index (χ3n) is 3.35. The van der Waals surface area contributed by atoms with Crippen molar-refractivity contribution in [3.05, 3.63) is 42.5 Å². The van der Waals surface area contributed by atoms with Gasteiger partial charge in [0.2, 0.25) is 5.88 Å². The van der Waals surface area contributed by atoms with E-state index in [1.807, 2.05) is 0 Å². The molecular weight excluding hydrogens is 457 g/mol. The Labute approximate surface area is 158 Å². The van der Waals surface area contributed by atoms with Gasteiger partial charge in [0.05, 0.1) is 10.0 Å². The van der Waals surface area contributed by atoms with Crippen LogP contribution in [-0.4, -0.2) is 10.2 Å². The summed E-state index contributed by atoms with van der Waals surface area (Å²) in [5.41, 5.74) is 0.925. The molecule has 1 aromatic carbocycles. The Hall–Kier alpha value is -0.300. The Morgan fingerprint density at radius 2 is 1.64 bits per heavy atom. The number of rotatable bonds is 5. The highest BCUT2D eigenvalue weighted by Gasteiger charge is 2.16. The minimum absolute atomic E-state index is 0.313. The fraction of sp³-hybridized carbons (Fsp3) is 0.333. The maximum atomic E-state index is 6.18. The Bertz CT molecular complexity index is 655. The topological polar surface area (TPSA) is 35.0 Å². The van der Waals surface area contributed by atoms with Gasteiger partial charge in [0.25, 0.3) is 0 Å². The van der Waals surface area contributed by atoms with E-state index in [0.29, 0.717) is 32.7 Å². The molecule has 0 unspecified atom stereocenters. The van der Waals surface area contributed by atoms with Gasteiger partial charge in [0.15, 0.2) is 10.9 Å². The largest absolute Gasteiger partial charge is 0.434 e. The highest BCUT2D eigenvalue weighted by Crippen LogP contribution is 2.38. The predicted octanol–water partition coefficient (Wildman–Crippen LogP) is 6.74. The average molecular weight is 472 g/mol. The van der Waals surface area contributed by atoms with Crippen molar-refractivity contribution in [1.82, 2.24) is 10.2 Å². The van der Waals surface area contributed by atoms with Crippen LogP contribution in [-0.2, 0) is 0 Å². The van der Waals surface area contributed by atoms with Crippen LogP contribution < -0.4 is 4.74 Å². The van der Waals surface area contributed by atoms with E-state index in [0.717, 1.165) is 22.0 Å². The van der Waals surface area contributed by atoms with Crippen LogP contribution in [0.2, 0.25) is 15.2 Å². The lowest BCUT2D eigenvalue weighted by atomic mass is 9.96. The van der Waals surface area contributed by atoms with E-state index in [4.69, 9.17) is 39.5 Å². The second kappa shape index (κ2) is 7.99. The number of aromatic nitrogens is 2. The van der Waals surface area contributed by atoms with Crippen LogP contribution in [0.3, 0.4) is 0 Å². The molecule has 1 heterocycles. The predicted molar refractivity (Wildman–Crippen MR) is 99.6 cm³/mol. The Morgan fingerprint density at radius 3 is 2.18 bits per heavy atom. The molecule has 1 aromatic heterocycles. The quantitative estimate of drug-likeness (QED) is 0.453. The molecule has 0 spiro atoms. The van der Waals surface area contributed by atoms with Crippen molar-refractivity contribution in [3.8, 4) is 11.6 Å². The van der Waals surface area contributed by atoms with E-state index in [1.165, 1.54) is 0 Å². The van der Waals surface area contributed by atoms with Crippen LogP contribution in [0.1, 0.15) is 38.2 Å². The maximum Gasteiger partial charge on any atom is 0.239 e. The molecule has 0 fully saturated rings. The molecule has 2 aromatic rings. The zero-order valence-electron chi connectivity index (χ0n) is 12.0. The molecule has 0 radical (unpaired) electrons. The van der Waals surface area contributed by atoms with Crippen molar-refractivity contribution in [2.75, 3.05) is 0 Å². The monoisotopic (exact) mass is 470 g/mol. The second-order valence-electron chi connectivity index (χ2n) is 4.74. The molecule has 3 nitrogen and oxygen atoms in total. The molecule has 118 valence electrons. The maximum absolute atomic E-state index is 6.18. The van der Waals surface area contributed by atoms with Crippen LogP contribution >= 0.6 is 57.4 Å². The molecular formula is C15H14Cl3IN2O. The van der Waals surface area contributed by atoms with Crippen LogP contribution in [0.25, 0.3) is 0 Å². The highest BCUT2D eigenvalue weighted by molar-refractivity contribution is 14.1. The minimum Gasteiger partial charge on any atom is -0.434 e. The van der Waals surface area contributed by atoms with Crippen molar-refractivity contribution in [2.45, 2.75) is 32.6 Å². The van der Waals surface area contributed by atoms with Crippen molar-refractivity contribution in [2.24, 2.45) is 0 Å². The van der Waals surface area contributed by atoms with Gasteiger partial charge in [-0.15, -0.1) is 10.2 Å². The molecule has 0 saturated carbocycles. The molecule has 22 heavy (non-hydrogen) atoms. The summed E-state index contributed by atoms with van der Waals surface area (Å²) in [6.45, 7) is 4.22. The summed E-state index contributed by atoms with van der Waals surface area (Å²) in [5, 5.41) is 9.20. The zero-order chi connectivity index (χ0) is 16.3. The van der Waals surface area contributed by atoms with Gasteiger partial charge in [-0.25, -0.2) is 0 Å². The van der Waals surface area contributed by atoms with Crippen LogP contribution in [0, 0.1) is 3.57 Å². The fourth-order valence-corrected chi connectivity index (χ4v) is 3.97. The van der Waals surface area contributed by atoms with E-state index in [-0.39, 0.29) is 0 Å². The Balaban J connectivity index is 2.37. The summed E-state index contributed by atoms with van der Waals surface area (Å²) < 4.78 is 6.66. The fourth-order valence-electron chi connectivity index (χ4n) is 2.17. The summed E-state index contributed by atoms with van der Waals surface area (Å²) in [5.74, 6) is 1.01. The molecule has 0 aliphatic carbocycles. The first kappa shape index (κ1) is 18.0. The standard InChI is InChI=1S/C15H14Cl3IN2O/c1-3-8(4-2)10-7-13(20-21-15(10)18)22-14-11(16)5-9(19)6-12(14)17/h5-8H,3-4H2,1-2H3. The van der Waals surface area contributed by atoms with Crippen molar-refractivity contribution < 1.29 is 4.74 Å². The molecule has 0 bridgehead atoms. The molecule has 0 atom stereocenters. The van der Waals surface area contributed by atoms with E-state index in [9.17, 15) is 0 Å². The van der Waals surface area contributed by atoms with Crippen LogP contribution in [0.5, 0.6) is 11.6 Å². The van der Waals surface area contributed by atoms with Crippen LogP contribution in [0.4, 0.5) is 0 Å². The van der Waals surface area contributed by atoms with Crippen molar-refractivity contribution >= 4 is 57.4 Å². The van der Waals surface area contributed by atoms with E-state index in [1.54, 1.807) is 18.2 Å². The average Bonchev–Trinajstić information content (AvgIpc) is 2.47. The second-order valence-corrected chi connectivity index (χ2v) is 7.16. The first-order valence-electron chi connectivity index (χ1n) is 6.81. The number of benzene rings is 1. The smallest absolute Gasteiger partial charge is 0.239 e. The molecule has 0 aliphatic rings. The number of nitrogens with zero attached hydrogens (tertiary/aromatic N) is 2. The highest BCUT2D eigenvalue weighted by atomic mass is 127. The molecule has 0 saturated heterocycles. The lowest BCUT2D eigenvalue weighted by molar-refractivity contribution is 0.452. The summed E-state index contributed by atoms with van der Waals surface area (Å²) in [6.07, 6.45) is 1.93.